The van der Waals surface area contributed by atoms with Gasteiger partial charge in [-0.05, 0) is 19.8 Å². The van der Waals surface area contributed by atoms with Crippen molar-refractivity contribution < 1.29 is 42.1 Å². The van der Waals surface area contributed by atoms with Crippen molar-refractivity contribution in [3.63, 3.8) is 0 Å². The van der Waals surface area contributed by atoms with E-state index in [1.54, 1.807) is 0 Å². The van der Waals surface area contributed by atoms with Crippen molar-refractivity contribution in [2.24, 2.45) is 5.92 Å². The minimum Gasteiger partial charge on any atom is -0.469 e. The number of carbonyl (C=O) groups is 3. The molecule has 1 aliphatic heterocycles. The van der Waals surface area contributed by atoms with Gasteiger partial charge in [0.2, 0.25) is 0 Å². The Morgan fingerprint density at radius 1 is 1.29 bits per heavy atom. The van der Waals surface area contributed by atoms with E-state index in [1.165, 1.54) is 6.92 Å². The van der Waals surface area contributed by atoms with Crippen molar-refractivity contribution in [3.05, 3.63) is 11.6 Å². The number of esters is 2. The normalized spacial score (nSPS) is 22.0. The van der Waals surface area contributed by atoms with Crippen LogP contribution in [0, 0.1) is 5.92 Å². The molecule has 2 unspecified atom stereocenters. The molecular formula is C14H18F3NO6. The molecular weight excluding hydrogens is 335 g/mol. The molecule has 2 atom stereocenters. The number of amides is 1. The highest BCUT2D eigenvalue weighted by Crippen LogP contribution is 2.36. The zero-order chi connectivity index (χ0) is 18.5. The van der Waals surface area contributed by atoms with Gasteiger partial charge in [-0.2, -0.15) is 13.2 Å². The fourth-order valence-corrected chi connectivity index (χ4v) is 2.54. The summed E-state index contributed by atoms with van der Waals surface area (Å²) in [5.74, 6) is -2.74. The lowest BCUT2D eigenvalue weighted by Gasteiger charge is -2.38. The Bertz CT molecular complexity index is 531. The Morgan fingerprint density at radius 3 is 2.38 bits per heavy atom. The number of piperidine rings is 1. The van der Waals surface area contributed by atoms with Gasteiger partial charge < -0.3 is 19.5 Å². The number of hydrogen-bond donors (Lipinski definition) is 1. The minimum atomic E-state index is -4.91. The summed E-state index contributed by atoms with van der Waals surface area (Å²) in [5, 5.41) is 9.20. The second kappa shape index (κ2) is 8.02. The highest BCUT2D eigenvalue weighted by Gasteiger charge is 2.46. The molecule has 1 N–H and O–H groups in total. The van der Waals surface area contributed by atoms with E-state index < -0.39 is 48.3 Å². The predicted molar refractivity (Wildman–Crippen MR) is 74.0 cm³/mol. The molecule has 0 aromatic rings. The molecule has 1 heterocycles. The number of likely N-dealkylation sites (tertiary alicyclic amines) is 1. The maximum Gasteiger partial charge on any atom is 0.414 e. The molecule has 1 amide bonds. The Hall–Kier alpha value is -2.26. The molecule has 0 aliphatic carbocycles. The quantitative estimate of drug-likeness (QED) is 0.614. The molecule has 0 aromatic heterocycles. The van der Waals surface area contributed by atoms with Crippen molar-refractivity contribution >= 4 is 18.0 Å². The van der Waals surface area contributed by atoms with Gasteiger partial charge in [0.05, 0.1) is 31.2 Å². The fourth-order valence-electron chi connectivity index (χ4n) is 2.54. The smallest absolute Gasteiger partial charge is 0.414 e. The molecule has 1 rings (SSSR count). The summed E-state index contributed by atoms with van der Waals surface area (Å²) in [4.78, 5) is 34.7. The lowest BCUT2D eigenvalue weighted by Crippen LogP contribution is -2.51. The van der Waals surface area contributed by atoms with Gasteiger partial charge in [0, 0.05) is 12.6 Å². The average molecular weight is 353 g/mol. The van der Waals surface area contributed by atoms with E-state index in [9.17, 15) is 32.7 Å². The standard InChI is InChI=1S/C14H18F3NO6/c1-3-24-11(19)6-9(14(15,16)17)10-5-4-8(12(20)23-2)7-18(10)13(21)22/h6,8,10H,3-5,7H2,1-2H3,(H,21,22)/b9-6+. The molecule has 7 nitrogen and oxygen atoms in total. The monoisotopic (exact) mass is 353 g/mol. The molecule has 24 heavy (non-hydrogen) atoms. The van der Waals surface area contributed by atoms with Crippen molar-refractivity contribution in [2.45, 2.75) is 32.0 Å². The first-order chi connectivity index (χ1) is 11.1. The third kappa shape index (κ3) is 4.87. The summed E-state index contributed by atoms with van der Waals surface area (Å²) >= 11 is 0. The van der Waals surface area contributed by atoms with Crippen molar-refractivity contribution in [1.82, 2.24) is 4.90 Å². The highest BCUT2D eigenvalue weighted by atomic mass is 19.4. The van der Waals surface area contributed by atoms with Gasteiger partial charge in [0.25, 0.3) is 0 Å². The number of halogens is 3. The Balaban J connectivity index is 3.15. The molecule has 10 heteroatoms. The number of alkyl halides is 3. The van der Waals surface area contributed by atoms with Crippen LogP contribution >= 0.6 is 0 Å². The van der Waals surface area contributed by atoms with Gasteiger partial charge in [0.1, 0.15) is 0 Å². The summed E-state index contributed by atoms with van der Waals surface area (Å²) in [6, 6.07) is -1.59. The summed E-state index contributed by atoms with van der Waals surface area (Å²) < 4.78 is 48.8. The van der Waals surface area contributed by atoms with Crippen LogP contribution in [0.4, 0.5) is 18.0 Å². The van der Waals surface area contributed by atoms with Crippen LogP contribution in [0.15, 0.2) is 11.6 Å². The first-order valence-corrected chi connectivity index (χ1v) is 7.14. The lowest BCUT2D eigenvalue weighted by molar-refractivity contribution is -0.148. The Kier molecular flexibility index (Phi) is 6.61. The van der Waals surface area contributed by atoms with Crippen molar-refractivity contribution in [1.29, 1.82) is 0 Å². The number of carbonyl (C=O) groups excluding carboxylic acids is 2. The second-order valence-corrected chi connectivity index (χ2v) is 5.10. The number of rotatable bonds is 4. The summed E-state index contributed by atoms with van der Waals surface area (Å²) in [6.45, 7) is 0.880. The van der Waals surface area contributed by atoms with Crippen LogP contribution in [-0.2, 0) is 19.1 Å². The van der Waals surface area contributed by atoms with E-state index in [4.69, 9.17) is 0 Å². The van der Waals surface area contributed by atoms with E-state index in [-0.39, 0.29) is 25.5 Å². The number of ether oxygens (including phenoxy) is 2. The van der Waals surface area contributed by atoms with E-state index in [0.29, 0.717) is 4.90 Å². The lowest BCUT2D eigenvalue weighted by atomic mass is 9.88. The van der Waals surface area contributed by atoms with Gasteiger partial charge in [-0.1, -0.05) is 0 Å². The predicted octanol–water partition coefficient (Wildman–Crippen LogP) is 1.97. The van der Waals surface area contributed by atoms with Crippen LogP contribution in [0.1, 0.15) is 19.8 Å². The molecule has 1 saturated heterocycles. The van der Waals surface area contributed by atoms with Gasteiger partial charge >= 0.3 is 24.2 Å². The fraction of sp³-hybridized carbons (Fsp3) is 0.643. The van der Waals surface area contributed by atoms with Gasteiger partial charge in [-0.25, -0.2) is 9.59 Å². The van der Waals surface area contributed by atoms with E-state index >= 15 is 0 Å². The van der Waals surface area contributed by atoms with Crippen LogP contribution < -0.4 is 0 Å². The summed E-state index contributed by atoms with van der Waals surface area (Å²) in [7, 11) is 1.11. The van der Waals surface area contributed by atoms with Crippen LogP contribution in [-0.4, -0.2) is 60.5 Å². The maximum atomic E-state index is 13.3. The van der Waals surface area contributed by atoms with Crippen LogP contribution in [0.3, 0.4) is 0 Å². The molecule has 1 aliphatic rings. The van der Waals surface area contributed by atoms with E-state index in [1.807, 2.05) is 0 Å². The highest BCUT2D eigenvalue weighted by molar-refractivity contribution is 5.83. The third-order valence-electron chi connectivity index (χ3n) is 3.61. The molecule has 0 radical (unpaired) electrons. The first kappa shape index (κ1) is 19.8. The van der Waals surface area contributed by atoms with Gasteiger partial charge in [-0.3, -0.25) is 4.79 Å². The van der Waals surface area contributed by atoms with Crippen LogP contribution in [0.2, 0.25) is 0 Å². The first-order valence-electron chi connectivity index (χ1n) is 7.14. The van der Waals surface area contributed by atoms with Gasteiger partial charge in [-0.15, -0.1) is 0 Å². The summed E-state index contributed by atoms with van der Waals surface area (Å²) in [5.41, 5.74) is -1.31. The Labute approximate surface area is 136 Å². The van der Waals surface area contributed by atoms with E-state index in [2.05, 4.69) is 9.47 Å². The van der Waals surface area contributed by atoms with Gasteiger partial charge in [0.15, 0.2) is 0 Å². The third-order valence-corrected chi connectivity index (χ3v) is 3.61. The van der Waals surface area contributed by atoms with Crippen molar-refractivity contribution in [3.8, 4) is 0 Å². The minimum absolute atomic E-state index is 0.0113. The number of hydrogen-bond acceptors (Lipinski definition) is 5. The second-order valence-electron chi connectivity index (χ2n) is 5.10. The molecule has 1 fully saturated rings. The van der Waals surface area contributed by atoms with Crippen LogP contribution in [0.5, 0.6) is 0 Å². The molecule has 0 saturated carbocycles. The summed E-state index contributed by atoms with van der Waals surface area (Å²) in [6.07, 6.45) is -6.52. The van der Waals surface area contributed by atoms with Crippen LogP contribution in [0.25, 0.3) is 0 Å². The van der Waals surface area contributed by atoms with Crippen molar-refractivity contribution in [2.75, 3.05) is 20.3 Å². The number of nitrogens with zero attached hydrogens (tertiary/aromatic N) is 1. The Morgan fingerprint density at radius 2 is 1.92 bits per heavy atom. The topological polar surface area (TPSA) is 93.1 Å². The zero-order valence-corrected chi connectivity index (χ0v) is 13.1. The zero-order valence-electron chi connectivity index (χ0n) is 13.1. The molecule has 0 aromatic carbocycles. The number of carboxylic acid groups (broad SMARTS) is 1. The molecule has 0 bridgehead atoms. The SMILES string of the molecule is CCOC(=O)/C=C(\C1CCC(C(=O)OC)CN1C(=O)O)C(F)(F)F. The molecule has 136 valence electrons. The number of methoxy groups -OCH3 is 1. The van der Waals surface area contributed by atoms with E-state index in [0.717, 1.165) is 7.11 Å². The average Bonchev–Trinajstić information content (AvgIpc) is 2.50. The maximum absolute atomic E-state index is 13.3. The largest absolute Gasteiger partial charge is 0.469 e. The molecule has 0 spiro atoms.